The van der Waals surface area contributed by atoms with E-state index in [1.165, 1.54) is 25.7 Å². The van der Waals surface area contributed by atoms with Crippen LogP contribution in [0.15, 0.2) is 89.7 Å². The maximum Gasteiger partial charge on any atom is 0.292 e. The van der Waals surface area contributed by atoms with Gasteiger partial charge in [0.2, 0.25) is 0 Å². The second-order valence-electron chi connectivity index (χ2n) is 8.49. The number of pyridine rings is 1. The fraction of sp³-hybridized carbons (Fsp3) is 0.100. The van der Waals surface area contributed by atoms with Crippen molar-refractivity contribution in [3.63, 3.8) is 0 Å². The van der Waals surface area contributed by atoms with E-state index in [9.17, 15) is 14.4 Å². The first-order valence-corrected chi connectivity index (χ1v) is 11.3. The van der Waals surface area contributed by atoms with E-state index in [2.05, 4.69) is 0 Å². The molecule has 0 amide bonds. The van der Waals surface area contributed by atoms with Crippen LogP contribution >= 0.6 is 0 Å². The van der Waals surface area contributed by atoms with Crippen LogP contribution in [0.25, 0.3) is 44.3 Å². The minimum atomic E-state index is -0.265. The van der Waals surface area contributed by atoms with Crippen molar-refractivity contribution in [3.8, 4) is 33.5 Å². The van der Waals surface area contributed by atoms with Crippen molar-refractivity contribution in [2.24, 2.45) is 0 Å². The lowest BCUT2D eigenvalue weighted by atomic mass is 9.94. The van der Waals surface area contributed by atoms with E-state index >= 15 is 0 Å². The van der Waals surface area contributed by atoms with Crippen LogP contribution < -0.4 is 10.4 Å². The molecule has 0 bridgehead atoms. The number of carbonyl (C=O) groups excluding carboxylic acids is 2. The molecule has 0 atom stereocenters. The van der Waals surface area contributed by atoms with Gasteiger partial charge in [0.05, 0.1) is 11.1 Å². The van der Waals surface area contributed by atoms with E-state index < -0.39 is 0 Å². The van der Waals surface area contributed by atoms with Crippen molar-refractivity contribution in [1.82, 2.24) is 4.73 Å². The average molecular weight is 462 g/mol. The minimum absolute atomic E-state index is 0.0184. The quantitative estimate of drug-likeness (QED) is 0.306. The number of hydrogen-bond acceptors (Lipinski definition) is 4. The number of hydrogen-bond donors (Lipinski definition) is 0. The third-order valence-corrected chi connectivity index (χ3v) is 6.35. The highest BCUT2D eigenvalue weighted by Gasteiger charge is 2.24. The highest BCUT2D eigenvalue weighted by Crippen LogP contribution is 2.42. The van der Waals surface area contributed by atoms with Gasteiger partial charge in [-0.1, -0.05) is 78.9 Å². The molecule has 0 aliphatic heterocycles. The number of benzene rings is 2. The Morgan fingerprint density at radius 1 is 0.714 bits per heavy atom. The summed E-state index contributed by atoms with van der Waals surface area (Å²) in [5, 5.41) is 1.36. The number of fused-ring (bicyclic) bond motifs is 3. The van der Waals surface area contributed by atoms with Gasteiger partial charge in [-0.25, -0.2) is 0 Å². The summed E-state index contributed by atoms with van der Waals surface area (Å²) in [6.07, 6.45) is 0. The Morgan fingerprint density at radius 2 is 1.29 bits per heavy atom. The fourth-order valence-corrected chi connectivity index (χ4v) is 4.61. The molecule has 35 heavy (non-hydrogen) atoms. The minimum Gasteiger partial charge on any atom is -0.413 e. The molecule has 2 aliphatic rings. The number of nitrogens with zero attached hydrogens (tertiary/aromatic N) is 1. The second-order valence-corrected chi connectivity index (χ2v) is 8.49. The third kappa shape index (κ3) is 3.71. The normalized spacial score (nSPS) is 11.1. The molecule has 5 heteroatoms. The van der Waals surface area contributed by atoms with Crippen LogP contribution in [0.5, 0.6) is 0 Å². The van der Waals surface area contributed by atoms with Gasteiger partial charge >= 0.3 is 0 Å². The highest BCUT2D eigenvalue weighted by molar-refractivity contribution is 6.12. The molecule has 3 aromatic rings. The zero-order chi connectivity index (χ0) is 24.7. The number of carbonyl (C=O) groups is 2. The Kier molecular flexibility index (Phi) is 5.53. The van der Waals surface area contributed by atoms with E-state index in [-0.39, 0.29) is 17.1 Å². The van der Waals surface area contributed by atoms with E-state index in [0.29, 0.717) is 22.2 Å². The molecule has 0 fully saturated rings. The van der Waals surface area contributed by atoms with Gasteiger partial charge in [-0.15, -0.1) is 4.73 Å². The summed E-state index contributed by atoms with van der Waals surface area (Å²) >= 11 is 0. The van der Waals surface area contributed by atoms with Crippen molar-refractivity contribution < 1.29 is 14.4 Å². The van der Waals surface area contributed by atoms with Crippen LogP contribution in [0.4, 0.5) is 0 Å². The first-order chi connectivity index (χ1) is 16.9. The topological polar surface area (TPSA) is 65.4 Å². The molecule has 0 spiro atoms. The SMILES string of the molecule is COn1c(-c2ccc(C(C)=O)cc2)c(-c2ccc(C(C)=O)cc2)c2cc3cccccc-3c2c1=O. The number of Topliss-reactive ketones (excluding diaryl/α,β-unsaturated/α-hetero) is 2. The Hall–Kier alpha value is -4.51. The van der Waals surface area contributed by atoms with Crippen LogP contribution in [0.3, 0.4) is 0 Å². The second kappa shape index (κ2) is 8.69. The Labute approximate surface area is 202 Å². The lowest BCUT2D eigenvalue weighted by Gasteiger charge is -2.18. The molecule has 2 aliphatic carbocycles. The molecule has 0 radical (unpaired) electrons. The van der Waals surface area contributed by atoms with Gasteiger partial charge in [0.1, 0.15) is 7.11 Å². The molecule has 0 saturated carbocycles. The average Bonchev–Trinajstić information content (AvgIpc) is 3.06. The first kappa shape index (κ1) is 22.3. The standard InChI is InChI=1S/C30H23NO4/c1-18(32)20-9-13-22(14-10-20)27-26-17-24-7-5-4-6-8-25(24)28(26)30(34)31(35-3)29(27)23-15-11-21(12-16-23)19(2)33/h4-17H,1-3H3. The van der Waals surface area contributed by atoms with Crippen LogP contribution in [-0.2, 0) is 0 Å². The molecule has 5 nitrogen and oxygen atoms in total. The number of aromatic nitrogens is 1. The molecule has 5 rings (SSSR count). The Morgan fingerprint density at radius 3 is 1.86 bits per heavy atom. The molecule has 172 valence electrons. The predicted molar refractivity (Wildman–Crippen MR) is 138 cm³/mol. The van der Waals surface area contributed by atoms with E-state index in [1.807, 2.05) is 60.7 Å². The van der Waals surface area contributed by atoms with Crippen LogP contribution in [-0.4, -0.2) is 23.4 Å². The summed E-state index contributed by atoms with van der Waals surface area (Å²) < 4.78 is 1.31. The largest absolute Gasteiger partial charge is 0.413 e. The van der Waals surface area contributed by atoms with E-state index in [4.69, 9.17) is 4.84 Å². The van der Waals surface area contributed by atoms with Crippen molar-refractivity contribution in [1.29, 1.82) is 0 Å². The summed E-state index contributed by atoms with van der Waals surface area (Å²) in [7, 11) is 1.47. The lowest BCUT2D eigenvalue weighted by Crippen LogP contribution is -2.27. The Bertz CT molecular complexity index is 1630. The fourth-order valence-electron chi connectivity index (χ4n) is 4.61. The van der Waals surface area contributed by atoms with Crippen molar-refractivity contribution >= 4 is 22.3 Å². The molecule has 0 N–H and O–H groups in total. The van der Waals surface area contributed by atoms with E-state index in [0.717, 1.165) is 33.2 Å². The zero-order valence-corrected chi connectivity index (χ0v) is 19.7. The molecule has 0 unspecified atom stereocenters. The molecular weight excluding hydrogens is 438 g/mol. The van der Waals surface area contributed by atoms with Crippen molar-refractivity contribution in [2.75, 3.05) is 7.11 Å². The highest BCUT2D eigenvalue weighted by atomic mass is 16.6. The smallest absolute Gasteiger partial charge is 0.292 e. The maximum absolute atomic E-state index is 13.8. The van der Waals surface area contributed by atoms with Crippen LogP contribution in [0.2, 0.25) is 0 Å². The van der Waals surface area contributed by atoms with Crippen LogP contribution in [0.1, 0.15) is 34.6 Å². The van der Waals surface area contributed by atoms with Crippen molar-refractivity contribution in [2.45, 2.75) is 13.8 Å². The zero-order valence-electron chi connectivity index (χ0n) is 19.7. The van der Waals surface area contributed by atoms with Gasteiger partial charge < -0.3 is 4.84 Å². The van der Waals surface area contributed by atoms with Gasteiger partial charge in [-0.3, -0.25) is 14.4 Å². The summed E-state index contributed by atoms with van der Waals surface area (Å²) in [5.41, 5.74) is 5.67. The summed E-state index contributed by atoms with van der Waals surface area (Å²) in [6, 6.07) is 26.2. The Balaban J connectivity index is 1.94. The van der Waals surface area contributed by atoms with Crippen molar-refractivity contribution in [3.05, 3.63) is 106 Å². The number of ketones is 2. The number of rotatable bonds is 5. The first-order valence-electron chi connectivity index (χ1n) is 11.3. The van der Waals surface area contributed by atoms with Gasteiger partial charge in [0.15, 0.2) is 11.6 Å². The van der Waals surface area contributed by atoms with E-state index in [1.54, 1.807) is 24.3 Å². The molecule has 1 heterocycles. The molecule has 1 aromatic heterocycles. The molecular formula is C30H23NO4. The predicted octanol–water partition coefficient (Wildman–Crippen LogP) is 5.90. The molecule has 2 aromatic carbocycles. The summed E-state index contributed by atoms with van der Waals surface area (Å²) in [4.78, 5) is 43.2. The summed E-state index contributed by atoms with van der Waals surface area (Å²) in [6.45, 7) is 3.05. The monoisotopic (exact) mass is 461 g/mol. The van der Waals surface area contributed by atoms with Gasteiger partial charge in [0, 0.05) is 22.3 Å². The summed E-state index contributed by atoms with van der Waals surface area (Å²) in [5.74, 6) is -0.0542. The van der Waals surface area contributed by atoms with Gasteiger partial charge in [-0.2, -0.15) is 0 Å². The van der Waals surface area contributed by atoms with Crippen LogP contribution in [0, 0.1) is 0 Å². The molecule has 0 saturated heterocycles. The maximum atomic E-state index is 13.8. The lowest BCUT2D eigenvalue weighted by molar-refractivity contribution is 0.100. The van der Waals surface area contributed by atoms with Gasteiger partial charge in [0.25, 0.3) is 5.56 Å². The van der Waals surface area contributed by atoms with Gasteiger partial charge in [-0.05, 0) is 42.0 Å². The third-order valence-electron chi connectivity index (χ3n) is 6.35.